The monoisotopic (exact) mass is 629 g/mol. The van der Waals surface area contributed by atoms with Crippen LogP contribution in [0.1, 0.15) is 16.7 Å². The lowest BCUT2D eigenvalue weighted by Gasteiger charge is -2.34. The zero-order valence-corrected chi connectivity index (χ0v) is 27.6. The highest BCUT2D eigenvalue weighted by Crippen LogP contribution is 2.43. The molecule has 8 aromatic rings. The summed E-state index contributed by atoms with van der Waals surface area (Å²) in [4.78, 5) is 0. The molecule has 3 nitrogen and oxygen atoms in total. The second-order valence-electron chi connectivity index (χ2n) is 13.5. The molecule has 0 fully saturated rings. The summed E-state index contributed by atoms with van der Waals surface area (Å²) in [6, 6.07) is 50.4. The smallest absolute Gasteiger partial charge is 0.260 e. The molecule has 1 aromatic heterocycles. The minimum atomic E-state index is 0.0507. The van der Waals surface area contributed by atoms with E-state index in [1.807, 2.05) is 0 Å². The molecular weight excluding hydrogens is 597 g/mol. The summed E-state index contributed by atoms with van der Waals surface area (Å²) in [6.07, 6.45) is 0. The fraction of sp³-hybridized carbons (Fsp3) is 0.0667. The van der Waals surface area contributed by atoms with E-state index in [0.717, 1.165) is 50.7 Å². The average Bonchev–Trinajstić information content (AvgIpc) is 3.46. The molecule has 3 heterocycles. The van der Waals surface area contributed by atoms with Gasteiger partial charge in [-0.2, -0.15) is 0 Å². The number of hydrogen-bond acceptors (Lipinski definition) is 2. The average molecular weight is 630 g/mol. The minimum absolute atomic E-state index is 0.0507. The Kier molecular flexibility index (Phi) is 6.01. The zero-order chi connectivity index (χ0) is 32.8. The van der Waals surface area contributed by atoms with E-state index in [2.05, 4.69) is 165 Å². The van der Waals surface area contributed by atoms with Gasteiger partial charge < -0.3 is 14.0 Å². The molecule has 7 aromatic carbocycles. The molecule has 232 valence electrons. The number of nitrogens with zero attached hydrogens (tertiary/aromatic N) is 1. The van der Waals surface area contributed by atoms with Crippen LogP contribution in [0.2, 0.25) is 0 Å². The molecule has 0 bridgehead atoms. The SMILES string of the molecule is Cc1cccc(-n2c3ccccc3c3cc(-c4ccccc4-c4cc5c6c(c4)Oc4c(C)cccc4B6c4cccc(C)c4O5)ccc32)c1. The molecule has 0 N–H and O–H groups in total. The lowest BCUT2D eigenvalue weighted by molar-refractivity contribution is 0.461. The first-order chi connectivity index (χ1) is 24.0. The van der Waals surface area contributed by atoms with Gasteiger partial charge in [0.1, 0.15) is 23.0 Å². The number of aromatic nitrogens is 1. The molecule has 10 rings (SSSR count). The minimum Gasteiger partial charge on any atom is -0.458 e. The molecule has 4 heteroatoms. The van der Waals surface area contributed by atoms with Gasteiger partial charge >= 0.3 is 0 Å². The first kappa shape index (κ1) is 28.1. The van der Waals surface area contributed by atoms with E-state index in [4.69, 9.17) is 9.47 Å². The van der Waals surface area contributed by atoms with Crippen LogP contribution in [0, 0.1) is 20.8 Å². The summed E-state index contributed by atoms with van der Waals surface area (Å²) in [5.41, 5.74) is 15.1. The number of hydrogen-bond donors (Lipinski definition) is 0. The van der Waals surface area contributed by atoms with E-state index < -0.39 is 0 Å². The van der Waals surface area contributed by atoms with Crippen molar-refractivity contribution in [3.8, 4) is 50.9 Å². The number of ether oxygens (including phenoxy) is 2. The second kappa shape index (κ2) is 10.5. The molecule has 0 saturated carbocycles. The van der Waals surface area contributed by atoms with Gasteiger partial charge in [0, 0.05) is 21.9 Å². The lowest BCUT2D eigenvalue weighted by atomic mass is 9.34. The predicted octanol–water partition coefficient (Wildman–Crippen LogP) is 9.77. The molecule has 0 atom stereocenters. The number of para-hydroxylation sites is 3. The molecule has 0 saturated heterocycles. The summed E-state index contributed by atoms with van der Waals surface area (Å²) < 4.78 is 15.9. The maximum absolute atomic E-state index is 6.78. The summed E-state index contributed by atoms with van der Waals surface area (Å²) in [5, 5.41) is 2.48. The lowest BCUT2D eigenvalue weighted by Crippen LogP contribution is -2.57. The molecule has 2 aliphatic heterocycles. The van der Waals surface area contributed by atoms with Gasteiger partial charge in [-0.1, -0.05) is 97.1 Å². The van der Waals surface area contributed by atoms with E-state index in [9.17, 15) is 0 Å². The maximum atomic E-state index is 6.78. The molecule has 0 aliphatic carbocycles. The standard InChI is InChI=1S/C45H32BNO2/c1-27-11-8-14-32(23-27)47-39-20-7-6-17-35(39)36-24-30(21-22-40(36)47)33-15-4-5-16-34(33)31-25-41-43-42(26-31)49-45-29(3)13-10-19-38(45)46(43)37-18-9-12-28(2)44(37)48-41/h4-26H,1-3H3. The normalized spacial score (nSPS) is 12.7. The highest BCUT2D eigenvalue weighted by atomic mass is 16.5. The Bertz CT molecular complexity index is 2590. The van der Waals surface area contributed by atoms with Crippen LogP contribution in [0.5, 0.6) is 23.0 Å². The van der Waals surface area contributed by atoms with Crippen LogP contribution in [-0.4, -0.2) is 11.3 Å². The van der Waals surface area contributed by atoms with Crippen molar-refractivity contribution in [3.05, 3.63) is 156 Å². The van der Waals surface area contributed by atoms with Crippen LogP contribution in [0.15, 0.2) is 140 Å². The first-order valence-electron chi connectivity index (χ1n) is 17.0. The maximum Gasteiger partial charge on any atom is 0.260 e. The van der Waals surface area contributed by atoms with E-state index in [-0.39, 0.29) is 6.71 Å². The van der Waals surface area contributed by atoms with Crippen molar-refractivity contribution in [3.63, 3.8) is 0 Å². The number of fused-ring (bicyclic) bond motifs is 7. The summed E-state index contributed by atoms with van der Waals surface area (Å²) in [6.45, 7) is 6.46. The number of benzene rings is 7. The van der Waals surface area contributed by atoms with E-state index in [1.165, 1.54) is 55.1 Å². The van der Waals surface area contributed by atoms with E-state index in [1.54, 1.807) is 0 Å². The Labute approximate surface area is 286 Å². The quantitative estimate of drug-likeness (QED) is 0.182. The molecule has 0 amide bonds. The fourth-order valence-electron chi connectivity index (χ4n) is 8.16. The Hall–Kier alpha value is -6.00. The van der Waals surface area contributed by atoms with Crippen molar-refractivity contribution >= 4 is 44.9 Å². The largest absolute Gasteiger partial charge is 0.458 e. The Morgan fingerprint density at radius 1 is 0.490 bits per heavy atom. The van der Waals surface area contributed by atoms with Crippen molar-refractivity contribution in [1.29, 1.82) is 0 Å². The Morgan fingerprint density at radius 3 is 1.80 bits per heavy atom. The van der Waals surface area contributed by atoms with Crippen molar-refractivity contribution in [2.24, 2.45) is 0 Å². The molecule has 0 radical (unpaired) electrons. The van der Waals surface area contributed by atoms with Crippen LogP contribution < -0.4 is 25.9 Å². The second-order valence-corrected chi connectivity index (χ2v) is 13.5. The van der Waals surface area contributed by atoms with Crippen LogP contribution in [-0.2, 0) is 0 Å². The van der Waals surface area contributed by atoms with Gasteiger partial charge in [0.25, 0.3) is 6.71 Å². The van der Waals surface area contributed by atoms with Crippen molar-refractivity contribution in [1.82, 2.24) is 4.57 Å². The third kappa shape index (κ3) is 4.17. The van der Waals surface area contributed by atoms with Gasteiger partial charge in [-0.05, 0) is 113 Å². The van der Waals surface area contributed by atoms with Crippen molar-refractivity contribution < 1.29 is 9.47 Å². The van der Waals surface area contributed by atoms with E-state index in [0.29, 0.717) is 0 Å². The number of aryl methyl sites for hydroxylation is 3. The fourth-order valence-corrected chi connectivity index (χ4v) is 8.16. The highest BCUT2D eigenvalue weighted by Gasteiger charge is 2.41. The number of rotatable bonds is 3. The molecular formula is C45H32BNO2. The van der Waals surface area contributed by atoms with Crippen LogP contribution in [0.3, 0.4) is 0 Å². The van der Waals surface area contributed by atoms with Gasteiger partial charge in [0.2, 0.25) is 0 Å². The van der Waals surface area contributed by atoms with Gasteiger partial charge in [-0.3, -0.25) is 0 Å². The first-order valence-corrected chi connectivity index (χ1v) is 17.0. The summed E-state index contributed by atoms with van der Waals surface area (Å²) in [7, 11) is 0. The van der Waals surface area contributed by atoms with Gasteiger partial charge in [0.05, 0.1) is 11.0 Å². The Balaban J connectivity index is 1.16. The topological polar surface area (TPSA) is 23.4 Å². The molecule has 0 unspecified atom stereocenters. The van der Waals surface area contributed by atoms with Crippen molar-refractivity contribution in [2.45, 2.75) is 20.8 Å². The van der Waals surface area contributed by atoms with Crippen LogP contribution in [0.25, 0.3) is 49.7 Å². The summed E-state index contributed by atoms with van der Waals surface area (Å²) in [5.74, 6) is 3.61. The van der Waals surface area contributed by atoms with Gasteiger partial charge in [-0.15, -0.1) is 0 Å². The summed E-state index contributed by atoms with van der Waals surface area (Å²) >= 11 is 0. The Morgan fingerprint density at radius 2 is 1.10 bits per heavy atom. The highest BCUT2D eigenvalue weighted by molar-refractivity contribution is 6.98. The predicted molar refractivity (Wildman–Crippen MR) is 204 cm³/mol. The molecule has 49 heavy (non-hydrogen) atoms. The molecule has 0 spiro atoms. The van der Waals surface area contributed by atoms with Crippen molar-refractivity contribution in [2.75, 3.05) is 0 Å². The van der Waals surface area contributed by atoms with E-state index >= 15 is 0 Å². The zero-order valence-electron chi connectivity index (χ0n) is 27.6. The van der Waals surface area contributed by atoms with Gasteiger partial charge in [0.15, 0.2) is 0 Å². The third-order valence-electron chi connectivity index (χ3n) is 10.4. The molecule has 2 aliphatic rings. The van der Waals surface area contributed by atoms with Crippen LogP contribution in [0.4, 0.5) is 0 Å². The van der Waals surface area contributed by atoms with Gasteiger partial charge in [-0.25, -0.2) is 0 Å². The van der Waals surface area contributed by atoms with Crippen LogP contribution >= 0.6 is 0 Å². The third-order valence-corrected chi connectivity index (χ3v) is 10.4.